The van der Waals surface area contributed by atoms with E-state index in [0.29, 0.717) is 10.4 Å². The van der Waals surface area contributed by atoms with Crippen molar-refractivity contribution in [3.05, 3.63) is 57.3 Å². The first-order valence-electron chi connectivity index (χ1n) is 7.09. The van der Waals surface area contributed by atoms with Gasteiger partial charge in [-0.05, 0) is 36.6 Å². The molecule has 0 bridgehead atoms. The normalized spacial score (nSPS) is 17.0. The summed E-state index contributed by atoms with van der Waals surface area (Å²) in [5, 5.41) is 10.6. The van der Waals surface area contributed by atoms with Crippen molar-refractivity contribution in [2.24, 2.45) is 0 Å². The third-order valence-electron chi connectivity index (χ3n) is 3.92. The van der Waals surface area contributed by atoms with Crippen molar-refractivity contribution >= 4 is 17.2 Å². The van der Waals surface area contributed by atoms with E-state index in [1.165, 1.54) is 11.3 Å². The fourth-order valence-corrected chi connectivity index (χ4v) is 3.59. The van der Waals surface area contributed by atoms with Crippen LogP contribution >= 0.6 is 11.3 Å². The molecule has 2 heterocycles. The third-order valence-corrected chi connectivity index (χ3v) is 4.83. The summed E-state index contributed by atoms with van der Waals surface area (Å²) in [6.45, 7) is 0.750. The Morgan fingerprint density at radius 3 is 2.73 bits per heavy atom. The van der Waals surface area contributed by atoms with E-state index in [-0.39, 0.29) is 11.9 Å². The average Bonchev–Trinajstić information content (AvgIpc) is 3.23. The van der Waals surface area contributed by atoms with E-state index in [1.807, 2.05) is 29.2 Å². The number of hydrogen-bond acceptors (Lipinski definition) is 3. The van der Waals surface area contributed by atoms with Gasteiger partial charge in [-0.2, -0.15) is 5.26 Å². The van der Waals surface area contributed by atoms with E-state index in [9.17, 15) is 4.79 Å². The highest BCUT2D eigenvalue weighted by Crippen LogP contribution is 2.34. The summed E-state index contributed by atoms with van der Waals surface area (Å²) in [4.78, 5) is 15.2. The third kappa shape index (κ3) is 2.62. The zero-order valence-electron chi connectivity index (χ0n) is 12.0. The van der Waals surface area contributed by atoms with Crippen LogP contribution in [0.5, 0.6) is 0 Å². The Morgan fingerprint density at radius 1 is 1.32 bits per heavy atom. The Hall–Kier alpha value is -2.56. The molecule has 3 rings (SSSR count). The minimum atomic E-state index is 0.00928. The number of amides is 1. The maximum Gasteiger partial charge on any atom is 0.264 e. The second kappa shape index (κ2) is 6.05. The largest absolute Gasteiger partial charge is 0.331 e. The molecule has 0 N–H and O–H groups in total. The predicted octanol–water partition coefficient (Wildman–Crippen LogP) is 3.58. The Balaban J connectivity index is 1.84. The summed E-state index contributed by atoms with van der Waals surface area (Å²) in [7, 11) is 0. The summed E-state index contributed by atoms with van der Waals surface area (Å²) < 4.78 is 0. The summed E-state index contributed by atoms with van der Waals surface area (Å²) in [5.74, 6) is 2.61. The number of carbonyl (C=O) groups excluding carboxylic acids is 1. The lowest BCUT2D eigenvalue weighted by molar-refractivity contribution is 0.0740. The van der Waals surface area contributed by atoms with Crippen molar-refractivity contribution in [2.75, 3.05) is 6.54 Å². The molecule has 0 saturated carbocycles. The highest BCUT2D eigenvalue weighted by Gasteiger charge is 2.31. The maximum absolute atomic E-state index is 12.7. The number of benzene rings is 1. The van der Waals surface area contributed by atoms with E-state index in [0.717, 1.165) is 30.5 Å². The molecule has 0 spiro atoms. The van der Waals surface area contributed by atoms with Crippen molar-refractivity contribution in [1.82, 2.24) is 4.90 Å². The van der Waals surface area contributed by atoms with Gasteiger partial charge in [-0.25, -0.2) is 0 Å². The molecular formula is C18H14N2OS. The number of carbonyl (C=O) groups is 1. The van der Waals surface area contributed by atoms with Gasteiger partial charge in [0, 0.05) is 17.5 Å². The molecule has 0 aliphatic carbocycles. The van der Waals surface area contributed by atoms with E-state index in [1.54, 1.807) is 11.4 Å². The van der Waals surface area contributed by atoms with Crippen LogP contribution in [0.15, 0.2) is 35.7 Å². The summed E-state index contributed by atoms with van der Waals surface area (Å²) in [6, 6.07) is 11.7. The van der Waals surface area contributed by atoms with Crippen LogP contribution < -0.4 is 0 Å². The first-order chi connectivity index (χ1) is 10.7. The smallest absolute Gasteiger partial charge is 0.264 e. The summed E-state index contributed by atoms with van der Waals surface area (Å²) in [5.41, 5.74) is 2.50. The van der Waals surface area contributed by atoms with Gasteiger partial charge in [0.1, 0.15) is 6.07 Å². The second-order valence-electron chi connectivity index (χ2n) is 5.23. The highest BCUT2D eigenvalue weighted by atomic mass is 32.1. The molecule has 2 aromatic rings. The molecule has 4 heteroatoms. The number of nitriles is 1. The fourth-order valence-electron chi connectivity index (χ4n) is 2.81. The molecule has 3 nitrogen and oxygen atoms in total. The summed E-state index contributed by atoms with van der Waals surface area (Å²) >= 11 is 1.33. The van der Waals surface area contributed by atoms with Crippen LogP contribution in [0.1, 0.15) is 45.2 Å². The lowest BCUT2D eigenvalue weighted by Crippen LogP contribution is -2.29. The van der Waals surface area contributed by atoms with Crippen molar-refractivity contribution in [2.45, 2.75) is 18.9 Å². The Bertz CT molecular complexity index is 777. The zero-order chi connectivity index (χ0) is 15.5. The van der Waals surface area contributed by atoms with E-state index in [4.69, 9.17) is 11.7 Å². The number of terminal acetylenes is 1. The van der Waals surface area contributed by atoms with E-state index < -0.39 is 0 Å². The van der Waals surface area contributed by atoms with Crippen LogP contribution in [-0.2, 0) is 0 Å². The monoisotopic (exact) mass is 306 g/mol. The number of rotatable bonds is 2. The molecule has 1 amide bonds. The molecule has 1 aromatic carbocycles. The van der Waals surface area contributed by atoms with Gasteiger partial charge in [0.25, 0.3) is 5.91 Å². The molecule has 1 aliphatic rings. The van der Waals surface area contributed by atoms with Gasteiger partial charge < -0.3 is 4.90 Å². The second-order valence-corrected chi connectivity index (χ2v) is 6.15. The van der Waals surface area contributed by atoms with Crippen molar-refractivity contribution in [3.63, 3.8) is 0 Å². The predicted molar refractivity (Wildman–Crippen MR) is 86.4 cm³/mol. The first kappa shape index (κ1) is 14.4. The topological polar surface area (TPSA) is 44.1 Å². The SMILES string of the molecule is C#Cc1ccc(C2CCCN2C(=O)c2cc(C#N)cs2)cc1. The van der Waals surface area contributed by atoms with Gasteiger partial charge in [0.05, 0.1) is 16.5 Å². The molecule has 1 saturated heterocycles. The van der Waals surface area contributed by atoms with E-state index >= 15 is 0 Å². The minimum absolute atomic E-state index is 0.00928. The summed E-state index contributed by atoms with van der Waals surface area (Å²) in [6.07, 6.45) is 7.33. The van der Waals surface area contributed by atoms with Crippen molar-refractivity contribution in [3.8, 4) is 18.4 Å². The molecular weight excluding hydrogens is 292 g/mol. The molecule has 1 fully saturated rings. The van der Waals surface area contributed by atoms with Gasteiger partial charge in [-0.15, -0.1) is 17.8 Å². The quantitative estimate of drug-likeness (QED) is 0.796. The molecule has 0 radical (unpaired) electrons. The number of nitrogens with zero attached hydrogens (tertiary/aromatic N) is 2. The van der Waals surface area contributed by atoms with Crippen LogP contribution in [0.25, 0.3) is 0 Å². The average molecular weight is 306 g/mol. The zero-order valence-corrected chi connectivity index (χ0v) is 12.8. The van der Waals surface area contributed by atoms with Crippen LogP contribution in [0.4, 0.5) is 0 Å². The van der Waals surface area contributed by atoms with Crippen molar-refractivity contribution < 1.29 is 4.79 Å². The number of thiophene rings is 1. The molecule has 108 valence electrons. The van der Waals surface area contributed by atoms with Crippen LogP contribution in [0.3, 0.4) is 0 Å². The van der Waals surface area contributed by atoms with Crippen LogP contribution in [0, 0.1) is 23.7 Å². The molecule has 1 atom stereocenters. The van der Waals surface area contributed by atoms with Gasteiger partial charge in [0.2, 0.25) is 0 Å². The van der Waals surface area contributed by atoms with E-state index in [2.05, 4.69) is 12.0 Å². The highest BCUT2D eigenvalue weighted by molar-refractivity contribution is 7.12. The Morgan fingerprint density at radius 2 is 2.09 bits per heavy atom. The van der Waals surface area contributed by atoms with Gasteiger partial charge in [-0.3, -0.25) is 4.79 Å². The fraction of sp³-hybridized carbons (Fsp3) is 0.222. The van der Waals surface area contributed by atoms with Gasteiger partial charge in [-0.1, -0.05) is 18.1 Å². The lowest BCUT2D eigenvalue weighted by atomic mass is 10.0. The number of likely N-dealkylation sites (tertiary alicyclic amines) is 1. The van der Waals surface area contributed by atoms with Crippen LogP contribution in [0.2, 0.25) is 0 Å². The molecule has 1 unspecified atom stereocenters. The molecule has 1 aromatic heterocycles. The minimum Gasteiger partial charge on any atom is -0.331 e. The maximum atomic E-state index is 12.7. The van der Waals surface area contributed by atoms with Crippen LogP contribution in [-0.4, -0.2) is 17.4 Å². The number of hydrogen-bond donors (Lipinski definition) is 0. The molecule has 22 heavy (non-hydrogen) atoms. The van der Waals surface area contributed by atoms with Gasteiger partial charge >= 0.3 is 0 Å². The standard InChI is InChI=1S/C18H14N2OS/c1-2-13-5-7-15(8-6-13)16-4-3-9-20(16)18(21)17-10-14(11-19)12-22-17/h1,5-8,10,12,16H,3-4,9H2. The van der Waals surface area contributed by atoms with Crippen molar-refractivity contribution in [1.29, 1.82) is 5.26 Å². The van der Waals surface area contributed by atoms with Gasteiger partial charge in [0.15, 0.2) is 0 Å². The lowest BCUT2D eigenvalue weighted by Gasteiger charge is -2.24. The Kier molecular flexibility index (Phi) is 3.96. The Labute approximate surface area is 133 Å². The first-order valence-corrected chi connectivity index (χ1v) is 7.97. The molecule has 1 aliphatic heterocycles.